The third-order valence-corrected chi connectivity index (χ3v) is 19.0. The van der Waals surface area contributed by atoms with Crippen molar-refractivity contribution in [3.8, 4) is 22.3 Å². The van der Waals surface area contributed by atoms with Crippen molar-refractivity contribution in [3.63, 3.8) is 0 Å². The van der Waals surface area contributed by atoms with Crippen molar-refractivity contribution in [3.05, 3.63) is 252 Å². The van der Waals surface area contributed by atoms with E-state index in [2.05, 4.69) is 218 Å². The van der Waals surface area contributed by atoms with E-state index >= 15 is 0 Å². The summed E-state index contributed by atoms with van der Waals surface area (Å²) in [5.74, 6) is 0.234. The summed E-state index contributed by atoms with van der Waals surface area (Å²) in [4.78, 5) is 0. The maximum Gasteiger partial charge on any atom is 0.179 e. The van der Waals surface area contributed by atoms with Crippen molar-refractivity contribution in [2.24, 2.45) is 0 Å². The monoisotopic (exact) mass is 770 g/mol. The third-order valence-electron chi connectivity index (χ3n) is 13.0. The van der Waals surface area contributed by atoms with Crippen molar-refractivity contribution in [1.29, 1.82) is 0 Å². The molecule has 1 aromatic heterocycles. The molecule has 0 saturated heterocycles. The van der Waals surface area contributed by atoms with Crippen LogP contribution in [0.2, 0.25) is 0 Å². The van der Waals surface area contributed by atoms with E-state index in [9.17, 15) is 0 Å². The summed E-state index contributed by atoms with van der Waals surface area (Å²) in [6.45, 7) is 0. The van der Waals surface area contributed by atoms with Crippen LogP contribution in [0, 0.1) is 0 Å². The lowest BCUT2D eigenvalue weighted by Crippen LogP contribution is -2.75. The minimum absolute atomic E-state index is 0.0830. The van der Waals surface area contributed by atoms with E-state index in [1.807, 2.05) is 11.3 Å². The molecule has 0 N–H and O–H groups in total. The summed E-state index contributed by atoms with van der Waals surface area (Å²) in [5.41, 5.74) is 13.9. The predicted octanol–water partition coefficient (Wildman–Crippen LogP) is 11.8. The van der Waals surface area contributed by atoms with E-state index < -0.39 is 8.07 Å². The lowest BCUT2D eigenvalue weighted by Gasteiger charge is -2.47. The molecule has 272 valence electrons. The van der Waals surface area contributed by atoms with E-state index in [1.165, 1.54) is 96.6 Å². The summed E-state index contributed by atoms with van der Waals surface area (Å²) in [7, 11) is -2.93. The fourth-order valence-electron chi connectivity index (χ4n) is 10.7. The molecular formula is C56H38SSi. The number of thiophene rings is 1. The highest BCUT2D eigenvalue weighted by atomic mass is 32.1. The molecule has 3 aliphatic rings. The quantitative estimate of drug-likeness (QED) is 0.117. The summed E-state index contributed by atoms with van der Waals surface area (Å²) in [6, 6.07) is 83.0. The van der Waals surface area contributed by atoms with Crippen molar-refractivity contribution in [2.75, 3.05) is 0 Å². The minimum atomic E-state index is -2.93. The molecule has 0 spiro atoms. The first-order valence-electron chi connectivity index (χ1n) is 20.3. The van der Waals surface area contributed by atoms with Gasteiger partial charge in [0.1, 0.15) is 0 Å². The second-order valence-corrected chi connectivity index (χ2v) is 20.7. The maximum absolute atomic E-state index is 2.93. The van der Waals surface area contributed by atoms with E-state index in [0.717, 1.165) is 0 Å². The number of hydrogen-bond acceptors (Lipinski definition) is 1. The fraction of sp³-hybridized carbons (Fsp3) is 0.0357. The first-order chi connectivity index (χ1) is 28.8. The van der Waals surface area contributed by atoms with Crippen LogP contribution in [-0.4, -0.2) is 8.07 Å². The van der Waals surface area contributed by atoms with Gasteiger partial charge in [-0.3, -0.25) is 0 Å². The summed E-state index contributed by atoms with van der Waals surface area (Å²) >= 11 is 1.90. The van der Waals surface area contributed by atoms with Crippen LogP contribution in [-0.2, 0) is 0 Å². The van der Waals surface area contributed by atoms with Gasteiger partial charge in [-0.15, -0.1) is 11.3 Å². The Kier molecular flexibility index (Phi) is 7.66. The zero-order chi connectivity index (χ0) is 38.2. The number of fused-ring (bicyclic) bond motifs is 3. The highest BCUT2D eigenvalue weighted by molar-refractivity contribution is 7.25. The molecule has 0 nitrogen and oxygen atoms in total. The van der Waals surface area contributed by atoms with Gasteiger partial charge in [-0.2, -0.15) is 0 Å². The molecule has 2 heteroatoms. The second-order valence-electron chi connectivity index (χ2n) is 15.8. The molecule has 0 radical (unpaired) electrons. The zero-order valence-corrected chi connectivity index (χ0v) is 33.7. The molecule has 9 aromatic carbocycles. The van der Waals surface area contributed by atoms with Gasteiger partial charge < -0.3 is 0 Å². The Hall–Kier alpha value is -6.58. The Balaban J connectivity index is 1.15. The van der Waals surface area contributed by atoms with Gasteiger partial charge in [0.2, 0.25) is 0 Å². The van der Waals surface area contributed by atoms with Crippen molar-refractivity contribution in [2.45, 2.75) is 11.8 Å². The molecular weight excluding hydrogens is 733 g/mol. The van der Waals surface area contributed by atoms with Crippen LogP contribution in [0.5, 0.6) is 0 Å². The maximum atomic E-state index is 2.50. The van der Waals surface area contributed by atoms with Gasteiger partial charge in [0, 0.05) is 32.0 Å². The Morgan fingerprint density at radius 2 is 0.845 bits per heavy atom. The van der Waals surface area contributed by atoms with Crippen LogP contribution >= 0.6 is 11.3 Å². The molecule has 0 fully saturated rings. The zero-order valence-electron chi connectivity index (χ0n) is 31.8. The van der Waals surface area contributed by atoms with Gasteiger partial charge in [0.25, 0.3) is 0 Å². The van der Waals surface area contributed by atoms with Crippen LogP contribution in [0.1, 0.15) is 45.2 Å². The normalized spacial score (nSPS) is 15.2. The lowest BCUT2D eigenvalue weighted by molar-refractivity contribution is 0.760. The Labute approximate surface area is 344 Å². The van der Waals surface area contributed by atoms with Crippen molar-refractivity contribution in [1.82, 2.24) is 0 Å². The molecule has 2 bridgehead atoms. The van der Waals surface area contributed by atoms with Gasteiger partial charge in [0.15, 0.2) is 8.07 Å². The molecule has 0 aliphatic heterocycles. The molecule has 3 aliphatic carbocycles. The van der Waals surface area contributed by atoms with Gasteiger partial charge >= 0.3 is 0 Å². The van der Waals surface area contributed by atoms with Crippen LogP contribution in [0.4, 0.5) is 0 Å². The molecule has 10 aromatic rings. The largest absolute Gasteiger partial charge is 0.179 e. The van der Waals surface area contributed by atoms with E-state index in [0.29, 0.717) is 0 Å². The molecule has 13 rings (SSSR count). The predicted molar refractivity (Wildman–Crippen MR) is 249 cm³/mol. The van der Waals surface area contributed by atoms with Gasteiger partial charge in [-0.1, -0.05) is 206 Å². The lowest BCUT2D eigenvalue weighted by atomic mass is 9.60. The molecule has 1 heterocycles. The highest BCUT2D eigenvalue weighted by Gasteiger charge is 2.49. The third kappa shape index (κ3) is 4.86. The highest BCUT2D eigenvalue weighted by Crippen LogP contribution is 2.57. The van der Waals surface area contributed by atoms with E-state index in [4.69, 9.17) is 0 Å². The molecule has 0 amide bonds. The summed E-state index contributed by atoms with van der Waals surface area (Å²) in [5, 5.41) is 8.38. The van der Waals surface area contributed by atoms with Crippen molar-refractivity contribution >= 4 is 60.3 Å². The first-order valence-corrected chi connectivity index (χ1v) is 23.1. The van der Waals surface area contributed by atoms with E-state index in [-0.39, 0.29) is 11.8 Å². The second kappa shape index (κ2) is 13.2. The average Bonchev–Trinajstić information content (AvgIpc) is 3.68. The summed E-state index contributed by atoms with van der Waals surface area (Å²) < 4.78 is 2.69. The first kappa shape index (κ1) is 33.5. The average molecular weight is 771 g/mol. The fourth-order valence-corrected chi connectivity index (χ4v) is 16.8. The Bertz CT molecular complexity index is 3120. The molecule has 58 heavy (non-hydrogen) atoms. The Morgan fingerprint density at radius 1 is 0.328 bits per heavy atom. The summed E-state index contributed by atoms with van der Waals surface area (Å²) in [6.07, 6.45) is 0. The van der Waals surface area contributed by atoms with Gasteiger partial charge in [-0.25, -0.2) is 0 Å². The van der Waals surface area contributed by atoms with Gasteiger partial charge in [-0.05, 0) is 88.5 Å². The minimum Gasteiger partial charge on any atom is -0.135 e. The van der Waals surface area contributed by atoms with E-state index in [1.54, 1.807) is 0 Å². The van der Waals surface area contributed by atoms with Crippen LogP contribution in [0.25, 0.3) is 42.4 Å². The number of benzene rings is 9. The van der Waals surface area contributed by atoms with Crippen LogP contribution < -0.4 is 20.7 Å². The standard InChI is InChI=1S/C56H38SSi/c1-4-16-37(17-5-1)38-30-33-42(34-31-38)58(40-18-6-2-7-19-40,41-20-8-3-9-21-41)52-29-15-27-49-53-46-23-10-11-24-47(46)56(55(49)52)54-43(25-14-26-48(53)54)39-32-35-45-44-22-12-13-28-50(44)57-51(45)36-39/h1-36,53,56H. The topological polar surface area (TPSA) is 0 Å². The number of hydrogen-bond donors (Lipinski definition) is 0. The number of rotatable bonds is 6. The van der Waals surface area contributed by atoms with Crippen molar-refractivity contribution < 1.29 is 0 Å². The van der Waals surface area contributed by atoms with Gasteiger partial charge in [0.05, 0.1) is 0 Å². The van der Waals surface area contributed by atoms with Crippen LogP contribution in [0.15, 0.2) is 218 Å². The molecule has 0 saturated carbocycles. The van der Waals surface area contributed by atoms with Crippen LogP contribution in [0.3, 0.4) is 0 Å². The Morgan fingerprint density at radius 3 is 1.57 bits per heavy atom. The smallest absolute Gasteiger partial charge is 0.135 e. The molecule has 2 unspecified atom stereocenters. The SMILES string of the molecule is c1ccc(-c2ccc([Si](c3ccccc3)(c3ccccc3)c3cccc4c3C3c5ccccc5C4c4cccc(-c5ccc6c(c5)sc5ccccc56)c43)cc2)cc1. The molecule has 2 atom stereocenters.